The molecule has 1 aliphatic heterocycles. The first-order valence-electron chi connectivity index (χ1n) is 7.42. The van der Waals surface area contributed by atoms with E-state index in [-0.39, 0.29) is 12.5 Å². The Kier molecular flexibility index (Phi) is 4.26. The fourth-order valence-electron chi connectivity index (χ4n) is 2.49. The molecule has 1 amide bonds. The second-order valence-electron chi connectivity index (χ2n) is 5.60. The van der Waals surface area contributed by atoms with Crippen LogP contribution in [0.4, 0.5) is 0 Å². The van der Waals surface area contributed by atoms with Crippen LogP contribution in [-0.2, 0) is 4.79 Å². The molecule has 1 saturated heterocycles. The van der Waals surface area contributed by atoms with Gasteiger partial charge in [0.15, 0.2) is 18.0 Å². The number of rotatable bonds is 4. The Labute approximate surface area is 129 Å². The molecule has 0 saturated carbocycles. The van der Waals surface area contributed by atoms with Gasteiger partial charge in [0.1, 0.15) is 0 Å². The number of fused-ring (bicyclic) bond motifs is 1. The number of nitrogens with zero attached hydrogens (tertiary/aromatic N) is 4. The third-order valence-corrected chi connectivity index (χ3v) is 3.71. The molecule has 0 spiro atoms. The van der Waals surface area contributed by atoms with Crippen LogP contribution >= 0.6 is 0 Å². The maximum atomic E-state index is 12.0. The second kappa shape index (κ2) is 6.33. The van der Waals surface area contributed by atoms with Crippen LogP contribution in [0.5, 0.6) is 5.75 Å². The molecular weight excluding hydrogens is 282 g/mol. The van der Waals surface area contributed by atoms with E-state index < -0.39 is 0 Å². The molecule has 0 atom stereocenters. The highest BCUT2D eigenvalue weighted by atomic mass is 16.5. The van der Waals surface area contributed by atoms with Crippen LogP contribution in [-0.4, -0.2) is 65.0 Å². The van der Waals surface area contributed by atoms with E-state index in [0.717, 1.165) is 37.5 Å². The van der Waals surface area contributed by atoms with E-state index in [2.05, 4.69) is 22.4 Å². The first-order chi connectivity index (χ1) is 10.6. The van der Waals surface area contributed by atoms with Crippen LogP contribution in [0.1, 0.15) is 5.69 Å². The number of aromatic nitrogens is 2. The molecule has 2 aromatic rings. The molecule has 0 unspecified atom stereocenters. The fraction of sp³-hybridized carbons (Fsp3) is 0.467. The summed E-state index contributed by atoms with van der Waals surface area (Å²) < 4.78 is 7.52. The van der Waals surface area contributed by atoms with Gasteiger partial charge in [0, 0.05) is 38.6 Å². The van der Waals surface area contributed by atoms with Crippen LogP contribution < -0.4 is 10.2 Å². The van der Waals surface area contributed by atoms with Crippen molar-refractivity contribution in [2.45, 2.75) is 6.92 Å². The van der Waals surface area contributed by atoms with Crippen LogP contribution in [0, 0.1) is 6.92 Å². The van der Waals surface area contributed by atoms with Gasteiger partial charge in [-0.2, -0.15) is 0 Å². The van der Waals surface area contributed by atoms with Gasteiger partial charge in [-0.15, -0.1) is 0 Å². The van der Waals surface area contributed by atoms with Crippen molar-refractivity contribution in [2.75, 3.05) is 39.8 Å². The number of amides is 1. The van der Waals surface area contributed by atoms with Crippen molar-refractivity contribution < 1.29 is 9.53 Å². The number of imidazole rings is 1. The average molecular weight is 303 g/mol. The summed E-state index contributed by atoms with van der Waals surface area (Å²) in [7, 11) is 2.08. The Balaban J connectivity index is 1.56. The van der Waals surface area contributed by atoms with Gasteiger partial charge in [-0.05, 0) is 26.1 Å². The molecule has 0 bridgehead atoms. The number of carbonyl (C=O) groups excluding carboxylic acids is 1. The first kappa shape index (κ1) is 14.8. The lowest BCUT2D eigenvalue weighted by molar-refractivity contribution is -0.128. The monoisotopic (exact) mass is 303 g/mol. The summed E-state index contributed by atoms with van der Waals surface area (Å²) in [4.78, 5) is 18.6. The van der Waals surface area contributed by atoms with Gasteiger partial charge >= 0.3 is 0 Å². The third-order valence-electron chi connectivity index (χ3n) is 3.71. The lowest BCUT2D eigenvalue weighted by Crippen LogP contribution is -2.53. The minimum atomic E-state index is -0.144. The molecular formula is C15H21N5O2. The number of nitrogens with one attached hydrogen (secondary N) is 1. The van der Waals surface area contributed by atoms with E-state index in [1.165, 1.54) is 0 Å². The summed E-state index contributed by atoms with van der Waals surface area (Å²) in [6.45, 7) is 5.48. The SMILES string of the molecule is Cc1cn2cccc(OCC(=O)NN3CCN(C)CC3)c2n1. The molecule has 3 rings (SSSR count). The molecule has 7 heteroatoms. The van der Waals surface area contributed by atoms with E-state index in [0.29, 0.717) is 5.75 Å². The van der Waals surface area contributed by atoms with E-state index in [9.17, 15) is 4.79 Å². The Morgan fingerprint density at radius 2 is 2.14 bits per heavy atom. The molecule has 2 aromatic heterocycles. The highest BCUT2D eigenvalue weighted by molar-refractivity contribution is 5.77. The molecule has 1 aliphatic rings. The van der Waals surface area contributed by atoms with Gasteiger partial charge in [-0.3, -0.25) is 10.2 Å². The lowest BCUT2D eigenvalue weighted by Gasteiger charge is -2.32. The summed E-state index contributed by atoms with van der Waals surface area (Å²) in [5, 5.41) is 1.94. The number of hydrogen-bond acceptors (Lipinski definition) is 5. The molecule has 1 N–H and O–H groups in total. The summed E-state index contributed by atoms with van der Waals surface area (Å²) in [5.41, 5.74) is 4.52. The number of likely N-dealkylation sites (N-methyl/N-ethyl adjacent to an activating group) is 1. The first-order valence-corrected chi connectivity index (χ1v) is 7.42. The normalized spacial score (nSPS) is 16.8. The largest absolute Gasteiger partial charge is 0.480 e. The number of hydrogen-bond donors (Lipinski definition) is 1. The quantitative estimate of drug-likeness (QED) is 0.880. The number of pyridine rings is 1. The van der Waals surface area contributed by atoms with Gasteiger partial charge in [0.2, 0.25) is 0 Å². The van der Waals surface area contributed by atoms with E-state index in [4.69, 9.17) is 4.74 Å². The predicted molar refractivity (Wildman–Crippen MR) is 82.6 cm³/mol. The zero-order valence-electron chi connectivity index (χ0n) is 13.0. The van der Waals surface area contributed by atoms with Crippen molar-refractivity contribution >= 4 is 11.6 Å². The molecule has 0 radical (unpaired) electrons. The van der Waals surface area contributed by atoms with Crippen molar-refractivity contribution in [3.63, 3.8) is 0 Å². The fourth-order valence-corrected chi connectivity index (χ4v) is 2.49. The zero-order valence-corrected chi connectivity index (χ0v) is 13.0. The Morgan fingerprint density at radius 3 is 2.91 bits per heavy atom. The standard InChI is InChI=1S/C15H21N5O2/c1-12-10-19-5-3-4-13(15(19)16-12)22-11-14(21)17-20-8-6-18(2)7-9-20/h3-5,10H,6-9,11H2,1-2H3,(H,17,21). The minimum Gasteiger partial charge on any atom is -0.480 e. The van der Waals surface area contributed by atoms with Gasteiger partial charge < -0.3 is 14.0 Å². The van der Waals surface area contributed by atoms with Gasteiger partial charge in [0.05, 0.1) is 5.69 Å². The molecule has 0 aromatic carbocycles. The summed E-state index contributed by atoms with van der Waals surface area (Å²) in [5.74, 6) is 0.471. The smallest absolute Gasteiger partial charge is 0.272 e. The maximum absolute atomic E-state index is 12.0. The number of piperazine rings is 1. The summed E-state index contributed by atoms with van der Waals surface area (Å²) in [6.07, 6.45) is 3.83. The average Bonchev–Trinajstić information content (AvgIpc) is 2.88. The summed E-state index contributed by atoms with van der Waals surface area (Å²) in [6, 6.07) is 3.70. The molecule has 1 fully saturated rings. The minimum absolute atomic E-state index is 0.0160. The number of aryl methyl sites for hydroxylation is 1. The predicted octanol–water partition coefficient (Wildman–Crippen LogP) is 0.300. The number of ether oxygens (including phenoxy) is 1. The van der Waals surface area contributed by atoms with Crippen LogP contribution in [0.2, 0.25) is 0 Å². The van der Waals surface area contributed by atoms with Crippen molar-refractivity contribution in [1.29, 1.82) is 0 Å². The molecule has 0 aliphatic carbocycles. The number of carbonyl (C=O) groups is 1. The molecule has 22 heavy (non-hydrogen) atoms. The highest BCUT2D eigenvalue weighted by Gasteiger charge is 2.16. The van der Waals surface area contributed by atoms with E-state index in [1.807, 2.05) is 40.9 Å². The Hall–Kier alpha value is -2.12. The zero-order chi connectivity index (χ0) is 15.5. The molecule has 118 valence electrons. The Bertz CT molecular complexity index is 661. The molecule has 7 nitrogen and oxygen atoms in total. The van der Waals surface area contributed by atoms with Crippen molar-refractivity contribution in [3.8, 4) is 5.75 Å². The highest BCUT2D eigenvalue weighted by Crippen LogP contribution is 2.18. The lowest BCUT2D eigenvalue weighted by atomic mass is 10.4. The van der Waals surface area contributed by atoms with Gasteiger partial charge in [0.25, 0.3) is 5.91 Å². The van der Waals surface area contributed by atoms with E-state index >= 15 is 0 Å². The van der Waals surface area contributed by atoms with Crippen molar-refractivity contribution in [2.24, 2.45) is 0 Å². The van der Waals surface area contributed by atoms with Crippen LogP contribution in [0.15, 0.2) is 24.5 Å². The topological polar surface area (TPSA) is 62.1 Å². The van der Waals surface area contributed by atoms with Crippen LogP contribution in [0.3, 0.4) is 0 Å². The maximum Gasteiger partial charge on any atom is 0.272 e. The van der Waals surface area contributed by atoms with E-state index in [1.54, 1.807) is 0 Å². The second-order valence-corrected chi connectivity index (χ2v) is 5.60. The third kappa shape index (κ3) is 3.37. The van der Waals surface area contributed by atoms with Crippen molar-refractivity contribution in [1.82, 2.24) is 24.7 Å². The van der Waals surface area contributed by atoms with Gasteiger partial charge in [-0.25, -0.2) is 9.99 Å². The Morgan fingerprint density at radius 1 is 1.36 bits per heavy atom. The summed E-state index contributed by atoms with van der Waals surface area (Å²) >= 11 is 0. The number of hydrazine groups is 1. The van der Waals surface area contributed by atoms with Crippen molar-refractivity contribution in [3.05, 3.63) is 30.2 Å². The van der Waals surface area contributed by atoms with Crippen LogP contribution in [0.25, 0.3) is 5.65 Å². The van der Waals surface area contributed by atoms with Gasteiger partial charge in [-0.1, -0.05) is 0 Å². The molecule has 3 heterocycles.